The molecule has 1 atom stereocenters. The monoisotopic (exact) mass is 408 g/mol. The Bertz CT molecular complexity index is 897. The molecule has 1 aromatic carbocycles. The van der Waals surface area contributed by atoms with Crippen molar-refractivity contribution in [1.29, 1.82) is 0 Å². The van der Waals surface area contributed by atoms with Gasteiger partial charge in [0.25, 0.3) is 0 Å². The van der Waals surface area contributed by atoms with E-state index in [-0.39, 0.29) is 12.8 Å². The number of ether oxygens (including phenoxy) is 3. The second-order valence-electron chi connectivity index (χ2n) is 6.24. The lowest BCUT2D eigenvalue weighted by Gasteiger charge is -2.24. The fourth-order valence-corrected chi connectivity index (χ4v) is 4.34. The zero-order chi connectivity index (χ0) is 18.8. The van der Waals surface area contributed by atoms with Crippen LogP contribution in [0.4, 0.5) is 9.93 Å². The van der Waals surface area contributed by atoms with E-state index in [9.17, 15) is 4.79 Å². The number of aromatic nitrogens is 2. The van der Waals surface area contributed by atoms with Gasteiger partial charge < -0.3 is 14.2 Å². The summed E-state index contributed by atoms with van der Waals surface area (Å²) in [6.45, 7) is 3.86. The van der Waals surface area contributed by atoms with Crippen molar-refractivity contribution < 1.29 is 19.0 Å². The van der Waals surface area contributed by atoms with E-state index in [4.69, 9.17) is 26.4 Å². The third-order valence-corrected chi connectivity index (χ3v) is 5.77. The number of nitrogens with zero attached hydrogens (tertiary/aromatic N) is 3. The maximum absolute atomic E-state index is 11.6. The van der Waals surface area contributed by atoms with Crippen LogP contribution in [0, 0.1) is 3.95 Å². The van der Waals surface area contributed by atoms with Crippen molar-refractivity contribution in [2.24, 2.45) is 0 Å². The second kappa shape index (κ2) is 7.83. The number of nitrogens with one attached hydrogen (secondary N) is 1. The molecule has 27 heavy (non-hydrogen) atoms. The summed E-state index contributed by atoms with van der Waals surface area (Å²) in [6.07, 6.45) is 1.64. The van der Waals surface area contributed by atoms with E-state index in [0.29, 0.717) is 22.4 Å². The van der Waals surface area contributed by atoms with Crippen LogP contribution >= 0.6 is 23.6 Å². The summed E-state index contributed by atoms with van der Waals surface area (Å²) in [6, 6.07) is 6.37. The van der Waals surface area contributed by atoms with Crippen LogP contribution in [0.15, 0.2) is 18.2 Å². The van der Waals surface area contributed by atoms with Gasteiger partial charge >= 0.3 is 6.09 Å². The number of anilines is 1. The van der Waals surface area contributed by atoms with Crippen LogP contribution in [-0.2, 0) is 11.4 Å². The van der Waals surface area contributed by atoms with E-state index in [1.807, 2.05) is 6.07 Å². The summed E-state index contributed by atoms with van der Waals surface area (Å²) in [5.74, 6) is 1.59. The van der Waals surface area contributed by atoms with Gasteiger partial charge in [-0.05, 0) is 49.7 Å². The molecular formula is C17H20N4O4S2. The molecule has 10 heteroatoms. The molecule has 2 aliphatic rings. The predicted octanol–water partition coefficient (Wildman–Crippen LogP) is 3.77. The van der Waals surface area contributed by atoms with Crippen molar-refractivity contribution in [2.75, 3.05) is 25.3 Å². The first-order chi connectivity index (χ1) is 13.1. The molecule has 1 unspecified atom stereocenters. The molecule has 1 N–H and O–H groups in total. The van der Waals surface area contributed by atoms with Gasteiger partial charge in [0.1, 0.15) is 0 Å². The molecular weight excluding hydrogens is 388 g/mol. The van der Waals surface area contributed by atoms with E-state index < -0.39 is 6.09 Å². The van der Waals surface area contributed by atoms with Crippen LogP contribution in [0.3, 0.4) is 0 Å². The molecule has 0 bridgehead atoms. The van der Waals surface area contributed by atoms with Gasteiger partial charge in [-0.2, -0.15) is 0 Å². The first-order valence-corrected chi connectivity index (χ1v) is 10.0. The Labute approximate surface area is 165 Å². The average molecular weight is 409 g/mol. The van der Waals surface area contributed by atoms with Gasteiger partial charge in [-0.1, -0.05) is 17.4 Å². The summed E-state index contributed by atoms with van der Waals surface area (Å²) < 4.78 is 18.1. The maximum atomic E-state index is 11.6. The highest BCUT2D eigenvalue weighted by atomic mass is 32.1. The van der Waals surface area contributed by atoms with Crippen LogP contribution < -0.4 is 14.8 Å². The topological polar surface area (TPSA) is 77.9 Å². The number of rotatable bonds is 5. The largest absolute Gasteiger partial charge is 0.454 e. The lowest BCUT2D eigenvalue weighted by Crippen LogP contribution is -2.27. The van der Waals surface area contributed by atoms with E-state index >= 15 is 0 Å². The van der Waals surface area contributed by atoms with Gasteiger partial charge in [0.15, 0.2) is 15.5 Å². The molecule has 1 amide bonds. The molecule has 3 heterocycles. The Morgan fingerprint density at radius 3 is 3.15 bits per heavy atom. The summed E-state index contributed by atoms with van der Waals surface area (Å²) in [5, 5.41) is 7.47. The van der Waals surface area contributed by atoms with E-state index in [0.717, 1.165) is 30.9 Å². The van der Waals surface area contributed by atoms with Crippen LogP contribution in [0.1, 0.15) is 31.4 Å². The fourth-order valence-electron chi connectivity index (χ4n) is 3.37. The zero-order valence-electron chi connectivity index (χ0n) is 14.8. The molecule has 8 nitrogen and oxygen atoms in total. The molecule has 2 aliphatic heterocycles. The van der Waals surface area contributed by atoms with Crippen molar-refractivity contribution in [3.63, 3.8) is 0 Å². The highest BCUT2D eigenvalue weighted by molar-refractivity contribution is 7.73. The minimum Gasteiger partial charge on any atom is -0.454 e. The SMILES string of the molecule is CCOC(=O)Nc1nn(CN2CCCC2c2ccc3c(c2)OCO3)c(=S)s1. The van der Waals surface area contributed by atoms with Crippen LogP contribution in [0.5, 0.6) is 11.5 Å². The summed E-state index contributed by atoms with van der Waals surface area (Å²) in [5.41, 5.74) is 1.20. The predicted molar refractivity (Wildman–Crippen MR) is 103 cm³/mol. The van der Waals surface area contributed by atoms with Gasteiger partial charge in [0.05, 0.1) is 13.3 Å². The van der Waals surface area contributed by atoms with Crippen LogP contribution in [0.2, 0.25) is 0 Å². The third-order valence-electron chi connectivity index (χ3n) is 4.55. The molecule has 1 saturated heterocycles. The summed E-state index contributed by atoms with van der Waals surface area (Å²) >= 11 is 6.67. The van der Waals surface area contributed by atoms with Gasteiger partial charge in [0, 0.05) is 12.6 Å². The Morgan fingerprint density at radius 1 is 1.44 bits per heavy atom. The number of fused-ring (bicyclic) bond motifs is 1. The number of carbonyl (C=O) groups is 1. The summed E-state index contributed by atoms with van der Waals surface area (Å²) in [4.78, 5) is 13.9. The first kappa shape index (κ1) is 18.2. The minimum absolute atomic E-state index is 0.268. The van der Waals surface area contributed by atoms with Gasteiger partial charge in [-0.15, -0.1) is 5.10 Å². The molecule has 0 spiro atoms. The zero-order valence-corrected chi connectivity index (χ0v) is 16.5. The van der Waals surface area contributed by atoms with Gasteiger partial charge in [-0.3, -0.25) is 10.2 Å². The molecule has 144 valence electrons. The standard InChI is InChI=1S/C17H20N4O4S2/c1-2-23-16(22)18-15-19-21(17(26)27-15)9-20-7-3-4-12(20)11-5-6-13-14(8-11)25-10-24-13/h5-6,8,12H,2-4,7,9-10H2,1H3,(H,18,19,22). The van der Waals surface area contributed by atoms with Crippen molar-refractivity contribution in [1.82, 2.24) is 14.7 Å². The Morgan fingerprint density at radius 2 is 2.30 bits per heavy atom. The van der Waals surface area contributed by atoms with Crippen molar-refractivity contribution in [3.05, 3.63) is 27.7 Å². The minimum atomic E-state index is -0.521. The molecule has 1 fully saturated rings. The third kappa shape index (κ3) is 3.92. The fraction of sp³-hybridized carbons (Fsp3) is 0.471. The molecule has 1 aromatic heterocycles. The van der Waals surface area contributed by atoms with Gasteiger partial charge in [-0.25, -0.2) is 9.48 Å². The number of likely N-dealkylation sites (tertiary alicyclic amines) is 1. The smallest absolute Gasteiger partial charge is 0.413 e. The maximum Gasteiger partial charge on any atom is 0.413 e. The number of amides is 1. The molecule has 2 aromatic rings. The Hall–Kier alpha value is -2.17. The lowest BCUT2D eigenvalue weighted by atomic mass is 10.0. The van der Waals surface area contributed by atoms with E-state index in [2.05, 4.69) is 27.4 Å². The van der Waals surface area contributed by atoms with Crippen molar-refractivity contribution in [3.8, 4) is 11.5 Å². The molecule has 4 rings (SSSR count). The Balaban J connectivity index is 1.48. The van der Waals surface area contributed by atoms with E-state index in [1.165, 1.54) is 16.9 Å². The number of hydrogen-bond acceptors (Lipinski definition) is 8. The lowest BCUT2D eigenvalue weighted by molar-refractivity contribution is 0.167. The normalized spacial score (nSPS) is 18.6. The quantitative estimate of drug-likeness (QED) is 0.755. The van der Waals surface area contributed by atoms with Crippen molar-refractivity contribution >= 4 is 34.8 Å². The second-order valence-corrected chi connectivity index (χ2v) is 7.87. The van der Waals surface area contributed by atoms with Crippen LogP contribution in [-0.4, -0.2) is 40.7 Å². The number of benzene rings is 1. The molecule has 0 aliphatic carbocycles. The molecule has 0 radical (unpaired) electrons. The highest BCUT2D eigenvalue weighted by Gasteiger charge is 2.28. The number of hydrogen-bond donors (Lipinski definition) is 1. The van der Waals surface area contributed by atoms with Gasteiger partial charge in [0.2, 0.25) is 11.9 Å². The summed E-state index contributed by atoms with van der Waals surface area (Å²) in [7, 11) is 0. The van der Waals surface area contributed by atoms with Crippen molar-refractivity contribution in [2.45, 2.75) is 32.5 Å². The first-order valence-electron chi connectivity index (χ1n) is 8.79. The van der Waals surface area contributed by atoms with E-state index in [1.54, 1.807) is 11.6 Å². The van der Waals surface area contributed by atoms with Crippen LogP contribution in [0.25, 0.3) is 0 Å². The Kier molecular flexibility index (Phi) is 5.28. The highest BCUT2D eigenvalue weighted by Crippen LogP contribution is 2.39. The molecule has 0 saturated carbocycles. The average Bonchev–Trinajstić information content (AvgIpc) is 3.35. The number of carbonyl (C=O) groups excluding carboxylic acids is 1.